The van der Waals surface area contributed by atoms with Gasteiger partial charge in [0, 0.05) is 7.05 Å². The van der Waals surface area contributed by atoms with E-state index in [0.29, 0.717) is 15.1 Å². The van der Waals surface area contributed by atoms with Crippen LogP contribution in [0.25, 0.3) is 6.08 Å². The van der Waals surface area contributed by atoms with Crippen LogP contribution in [0.5, 0.6) is 5.75 Å². The molecule has 0 spiro atoms. The van der Waals surface area contributed by atoms with Crippen molar-refractivity contribution in [1.29, 1.82) is 0 Å². The van der Waals surface area contributed by atoms with Crippen molar-refractivity contribution in [1.82, 2.24) is 4.90 Å². The van der Waals surface area contributed by atoms with Crippen molar-refractivity contribution >= 4 is 67.5 Å². The second-order valence-electron chi connectivity index (χ2n) is 5.47. The summed E-state index contributed by atoms with van der Waals surface area (Å²) in [6, 6.07) is 9.91. The number of imide groups is 1. The number of ether oxygens (including phenoxy) is 1. The molecule has 0 aliphatic carbocycles. The molecule has 1 aliphatic heterocycles. The summed E-state index contributed by atoms with van der Waals surface area (Å²) >= 11 is 6.52. The van der Waals surface area contributed by atoms with Crippen LogP contribution in [0.3, 0.4) is 0 Å². The number of halogens is 3. The van der Waals surface area contributed by atoms with Crippen LogP contribution in [-0.4, -0.2) is 23.1 Å². The number of hydrogen-bond acceptors (Lipinski definition) is 4. The molecular formula is C18H12BrFINO3S. The molecular weight excluding hydrogens is 536 g/mol. The van der Waals surface area contributed by atoms with Crippen LogP contribution in [0, 0.1) is 9.39 Å². The summed E-state index contributed by atoms with van der Waals surface area (Å²) in [5, 5.41) is -0.287. The molecule has 3 rings (SSSR count). The molecule has 0 radical (unpaired) electrons. The van der Waals surface area contributed by atoms with Crippen LogP contribution >= 0.6 is 50.3 Å². The lowest BCUT2D eigenvalue weighted by molar-refractivity contribution is -0.121. The predicted molar refractivity (Wildman–Crippen MR) is 111 cm³/mol. The third-order valence-corrected chi connectivity index (χ3v) is 5.93. The zero-order valence-corrected chi connectivity index (χ0v) is 18.0. The minimum Gasteiger partial charge on any atom is -0.487 e. The molecule has 4 nitrogen and oxygen atoms in total. The zero-order chi connectivity index (χ0) is 18.8. The second kappa shape index (κ2) is 8.10. The molecule has 2 amide bonds. The SMILES string of the molecule is CN1C(=O)S/C(=C\c2cc(Br)c(OCc3cccc(F)c3)c(I)c2)C1=O. The number of benzene rings is 2. The van der Waals surface area contributed by atoms with E-state index < -0.39 is 0 Å². The molecule has 0 atom stereocenters. The fourth-order valence-electron chi connectivity index (χ4n) is 2.28. The first-order valence-electron chi connectivity index (χ1n) is 7.43. The van der Waals surface area contributed by atoms with Gasteiger partial charge in [0.1, 0.15) is 18.2 Å². The number of likely N-dealkylation sites (N-methyl/N-ethyl adjacent to an activating group) is 1. The van der Waals surface area contributed by atoms with Crippen molar-refractivity contribution < 1.29 is 18.7 Å². The minimum absolute atomic E-state index is 0.237. The van der Waals surface area contributed by atoms with E-state index in [-0.39, 0.29) is 23.6 Å². The van der Waals surface area contributed by atoms with Gasteiger partial charge >= 0.3 is 0 Å². The Hall–Kier alpha value is -1.39. The predicted octanol–water partition coefficient (Wildman–Crippen LogP) is 5.44. The van der Waals surface area contributed by atoms with E-state index in [0.717, 1.165) is 31.4 Å². The summed E-state index contributed by atoms with van der Waals surface area (Å²) in [7, 11) is 1.46. The van der Waals surface area contributed by atoms with Gasteiger partial charge in [-0.15, -0.1) is 0 Å². The summed E-state index contributed by atoms with van der Waals surface area (Å²) in [5.74, 6) is 0.0215. The van der Waals surface area contributed by atoms with E-state index in [1.807, 2.05) is 12.1 Å². The van der Waals surface area contributed by atoms with E-state index in [2.05, 4.69) is 38.5 Å². The molecule has 0 N–H and O–H groups in total. The van der Waals surface area contributed by atoms with E-state index in [4.69, 9.17) is 4.74 Å². The summed E-state index contributed by atoms with van der Waals surface area (Å²) in [6.45, 7) is 0.237. The smallest absolute Gasteiger partial charge is 0.293 e. The number of thioether (sulfide) groups is 1. The maximum absolute atomic E-state index is 13.3. The Kier molecular flexibility index (Phi) is 6.03. The van der Waals surface area contributed by atoms with E-state index in [1.165, 1.54) is 19.2 Å². The summed E-state index contributed by atoms with van der Waals surface area (Å²) in [5.41, 5.74) is 1.51. The first-order chi connectivity index (χ1) is 12.3. The Balaban J connectivity index is 1.80. The summed E-state index contributed by atoms with van der Waals surface area (Å²) in [4.78, 5) is 25.1. The first kappa shape index (κ1) is 19.4. The van der Waals surface area contributed by atoms with Gasteiger partial charge in [-0.1, -0.05) is 12.1 Å². The van der Waals surface area contributed by atoms with Crippen molar-refractivity contribution in [2.45, 2.75) is 6.61 Å². The molecule has 1 heterocycles. The van der Waals surface area contributed by atoms with Crippen LogP contribution in [0.2, 0.25) is 0 Å². The summed E-state index contributed by atoms with van der Waals surface area (Å²) in [6.07, 6.45) is 1.68. The molecule has 1 aliphatic rings. The van der Waals surface area contributed by atoms with Crippen molar-refractivity contribution in [3.63, 3.8) is 0 Å². The monoisotopic (exact) mass is 547 g/mol. The molecule has 0 unspecified atom stereocenters. The van der Waals surface area contributed by atoms with E-state index in [1.54, 1.807) is 18.2 Å². The largest absolute Gasteiger partial charge is 0.487 e. The van der Waals surface area contributed by atoms with Crippen LogP contribution < -0.4 is 4.74 Å². The standard InChI is InChI=1S/C18H12BrFINO3S/c1-22-17(23)15(26-18(22)24)8-11-6-13(19)16(14(21)7-11)25-9-10-3-2-4-12(20)5-10/h2-8H,9H2,1H3/b15-8-. The highest BCUT2D eigenvalue weighted by Crippen LogP contribution is 2.36. The van der Waals surface area contributed by atoms with Gasteiger partial charge in [-0.05, 0) is 91.8 Å². The third kappa shape index (κ3) is 4.29. The quantitative estimate of drug-likeness (QED) is 0.378. The number of rotatable bonds is 4. The van der Waals surface area contributed by atoms with Gasteiger partial charge in [-0.25, -0.2) is 4.39 Å². The normalized spacial score (nSPS) is 15.8. The molecule has 1 saturated heterocycles. The highest BCUT2D eigenvalue weighted by molar-refractivity contribution is 14.1. The molecule has 0 bridgehead atoms. The van der Waals surface area contributed by atoms with Crippen molar-refractivity contribution in [2.24, 2.45) is 0 Å². The molecule has 26 heavy (non-hydrogen) atoms. The number of nitrogens with zero attached hydrogens (tertiary/aromatic N) is 1. The topological polar surface area (TPSA) is 46.6 Å². The van der Waals surface area contributed by atoms with Gasteiger partial charge in [-0.3, -0.25) is 14.5 Å². The Morgan fingerprint density at radius 1 is 1.31 bits per heavy atom. The third-order valence-electron chi connectivity index (χ3n) is 3.58. The molecule has 0 aromatic heterocycles. The lowest BCUT2D eigenvalue weighted by Crippen LogP contribution is -2.22. The van der Waals surface area contributed by atoms with Gasteiger partial charge in [0.05, 0.1) is 12.9 Å². The van der Waals surface area contributed by atoms with Gasteiger partial charge in [-0.2, -0.15) is 0 Å². The number of carbonyl (C=O) groups is 2. The molecule has 8 heteroatoms. The van der Waals surface area contributed by atoms with E-state index in [9.17, 15) is 14.0 Å². The lowest BCUT2D eigenvalue weighted by Gasteiger charge is -2.12. The Morgan fingerprint density at radius 2 is 2.08 bits per heavy atom. The maximum atomic E-state index is 13.3. The molecule has 0 saturated carbocycles. The van der Waals surface area contributed by atoms with Crippen LogP contribution in [0.1, 0.15) is 11.1 Å². The highest BCUT2D eigenvalue weighted by atomic mass is 127. The van der Waals surface area contributed by atoms with Crippen LogP contribution in [0.15, 0.2) is 45.8 Å². The molecule has 134 valence electrons. The van der Waals surface area contributed by atoms with Gasteiger partial charge in [0.2, 0.25) is 0 Å². The van der Waals surface area contributed by atoms with Gasteiger partial charge in [0.15, 0.2) is 0 Å². The second-order valence-corrected chi connectivity index (χ2v) is 8.48. The minimum atomic E-state index is -0.308. The number of amides is 2. The molecule has 2 aromatic rings. The van der Waals surface area contributed by atoms with Crippen molar-refractivity contribution in [2.75, 3.05) is 7.05 Å². The van der Waals surface area contributed by atoms with Crippen LogP contribution in [-0.2, 0) is 11.4 Å². The average molecular weight is 548 g/mol. The highest BCUT2D eigenvalue weighted by Gasteiger charge is 2.31. The van der Waals surface area contributed by atoms with Gasteiger partial charge < -0.3 is 4.74 Å². The molecule has 2 aromatic carbocycles. The lowest BCUT2D eigenvalue weighted by atomic mass is 10.2. The van der Waals surface area contributed by atoms with Crippen molar-refractivity contribution in [3.8, 4) is 5.75 Å². The maximum Gasteiger partial charge on any atom is 0.293 e. The summed E-state index contributed by atoms with van der Waals surface area (Å²) < 4.78 is 20.6. The fourth-order valence-corrected chi connectivity index (χ4v) is 4.88. The van der Waals surface area contributed by atoms with Crippen molar-refractivity contribution in [3.05, 3.63) is 66.3 Å². The first-order valence-corrected chi connectivity index (χ1v) is 10.1. The zero-order valence-electron chi connectivity index (χ0n) is 13.5. The van der Waals surface area contributed by atoms with Gasteiger partial charge in [0.25, 0.3) is 11.1 Å². The van der Waals surface area contributed by atoms with E-state index >= 15 is 0 Å². The molecule has 1 fully saturated rings. The Labute approximate surface area is 176 Å². The Bertz CT molecular complexity index is 911. The fraction of sp³-hybridized carbons (Fsp3) is 0.111. The van der Waals surface area contributed by atoms with Crippen LogP contribution in [0.4, 0.5) is 9.18 Å². The Morgan fingerprint density at radius 3 is 2.69 bits per heavy atom. The number of carbonyl (C=O) groups excluding carboxylic acids is 2. The number of hydrogen-bond donors (Lipinski definition) is 0. The average Bonchev–Trinajstić information content (AvgIpc) is 2.81.